The van der Waals surface area contributed by atoms with E-state index in [4.69, 9.17) is 11.6 Å². The summed E-state index contributed by atoms with van der Waals surface area (Å²) in [5, 5.41) is 23.5. The van der Waals surface area contributed by atoms with Crippen LogP contribution in [0.4, 0.5) is 17.1 Å². The lowest BCUT2D eigenvalue weighted by atomic mass is 10.2. The molecule has 2 aromatic rings. The van der Waals surface area contributed by atoms with Crippen LogP contribution in [0.2, 0.25) is 5.02 Å². The summed E-state index contributed by atoms with van der Waals surface area (Å²) in [6, 6.07) is 9.11. The molecule has 0 aliphatic heterocycles. The summed E-state index contributed by atoms with van der Waals surface area (Å²) in [6.07, 6.45) is 1.26. The van der Waals surface area contributed by atoms with E-state index >= 15 is 0 Å². The van der Waals surface area contributed by atoms with E-state index < -0.39 is 16.4 Å². The summed E-state index contributed by atoms with van der Waals surface area (Å²) >= 11 is 5.81. The number of aromatic hydroxyl groups is 1. The van der Waals surface area contributed by atoms with Gasteiger partial charge in [0.05, 0.1) is 10.6 Å². The Morgan fingerprint density at radius 3 is 2.78 bits per heavy atom. The first-order valence-corrected chi connectivity index (χ1v) is 6.83. The predicted octanol–water partition coefficient (Wildman–Crippen LogP) is 3.66. The average Bonchev–Trinajstić information content (AvgIpc) is 2.47. The highest BCUT2D eigenvalue weighted by atomic mass is 35.5. The number of nitro benzene ring substituents is 1. The second-order valence-corrected chi connectivity index (χ2v) is 5.05. The predicted molar refractivity (Wildman–Crippen MR) is 87.8 cm³/mol. The number of hydrogen-bond acceptors (Lipinski definition) is 5. The number of phenols is 1. The first kappa shape index (κ1) is 16.4. The number of rotatable bonds is 4. The van der Waals surface area contributed by atoms with Crippen LogP contribution in [0, 0.1) is 10.1 Å². The van der Waals surface area contributed by atoms with E-state index in [0.29, 0.717) is 11.4 Å². The summed E-state index contributed by atoms with van der Waals surface area (Å²) < 4.78 is 0. The number of benzene rings is 2. The first-order chi connectivity index (χ1) is 10.9. The van der Waals surface area contributed by atoms with Gasteiger partial charge in [-0.05, 0) is 24.3 Å². The van der Waals surface area contributed by atoms with Gasteiger partial charge in [-0.1, -0.05) is 17.7 Å². The molecule has 0 spiro atoms. The van der Waals surface area contributed by atoms with Gasteiger partial charge in [0.2, 0.25) is 11.7 Å². The molecule has 2 rings (SSSR count). The molecular weight excluding hydrogens is 322 g/mol. The van der Waals surface area contributed by atoms with Crippen LogP contribution >= 0.6 is 11.6 Å². The number of carbonyl (C=O) groups excluding carboxylic acids is 1. The van der Waals surface area contributed by atoms with Gasteiger partial charge in [0, 0.05) is 35.5 Å². The number of carbonyl (C=O) groups is 1. The molecular formula is C15H12ClN3O4. The third-order valence-corrected chi connectivity index (χ3v) is 3.02. The van der Waals surface area contributed by atoms with Crippen molar-refractivity contribution in [3.8, 4) is 5.75 Å². The maximum atomic E-state index is 11.0. The molecule has 0 fully saturated rings. The molecule has 0 aliphatic rings. The number of aliphatic imine (C=N–C) groups is 1. The number of phenolic OH excluding ortho intramolecular Hbond substituents is 1. The summed E-state index contributed by atoms with van der Waals surface area (Å²) in [7, 11) is 0. The Bertz CT molecular complexity index is 805. The van der Waals surface area contributed by atoms with Crippen molar-refractivity contribution in [1.82, 2.24) is 0 Å². The molecule has 1 amide bonds. The van der Waals surface area contributed by atoms with Gasteiger partial charge < -0.3 is 10.4 Å². The van der Waals surface area contributed by atoms with Crippen LogP contribution in [0.15, 0.2) is 41.4 Å². The Morgan fingerprint density at radius 2 is 2.13 bits per heavy atom. The van der Waals surface area contributed by atoms with E-state index in [2.05, 4.69) is 10.3 Å². The maximum Gasteiger partial charge on any atom is 0.312 e. The molecule has 0 aromatic heterocycles. The van der Waals surface area contributed by atoms with Crippen LogP contribution in [0.3, 0.4) is 0 Å². The standard InChI is InChI=1S/C15H12ClN3O4/c1-9(20)18-13-4-2-3-12(7-13)17-8-10-5-11(16)6-14(15(10)21)19(22)23/h2-8,21H,1H3,(H,18,20). The van der Waals surface area contributed by atoms with Gasteiger partial charge in [0.25, 0.3) is 0 Å². The molecule has 8 heteroatoms. The Labute approximate surface area is 136 Å². The van der Waals surface area contributed by atoms with Crippen molar-refractivity contribution in [2.24, 2.45) is 4.99 Å². The molecule has 0 aliphatic carbocycles. The highest BCUT2D eigenvalue weighted by molar-refractivity contribution is 6.31. The van der Waals surface area contributed by atoms with Crippen molar-refractivity contribution in [3.63, 3.8) is 0 Å². The fourth-order valence-corrected chi connectivity index (χ4v) is 2.08. The van der Waals surface area contributed by atoms with Crippen LogP contribution in [0.1, 0.15) is 12.5 Å². The second-order valence-electron chi connectivity index (χ2n) is 4.61. The normalized spacial score (nSPS) is 10.7. The zero-order chi connectivity index (χ0) is 17.0. The van der Waals surface area contributed by atoms with Crippen molar-refractivity contribution in [3.05, 3.63) is 57.1 Å². The van der Waals surface area contributed by atoms with Gasteiger partial charge in [-0.3, -0.25) is 19.9 Å². The van der Waals surface area contributed by atoms with Crippen LogP contribution in [0.25, 0.3) is 0 Å². The number of nitrogens with one attached hydrogen (secondary N) is 1. The minimum atomic E-state index is -0.726. The maximum absolute atomic E-state index is 11.0. The van der Waals surface area contributed by atoms with E-state index in [1.54, 1.807) is 24.3 Å². The van der Waals surface area contributed by atoms with Crippen LogP contribution in [-0.2, 0) is 4.79 Å². The van der Waals surface area contributed by atoms with Crippen molar-refractivity contribution < 1.29 is 14.8 Å². The Morgan fingerprint density at radius 1 is 1.39 bits per heavy atom. The van der Waals surface area contributed by atoms with Crippen LogP contribution in [-0.4, -0.2) is 22.2 Å². The lowest BCUT2D eigenvalue weighted by molar-refractivity contribution is -0.385. The van der Waals surface area contributed by atoms with Crippen molar-refractivity contribution >= 4 is 40.8 Å². The van der Waals surface area contributed by atoms with Crippen molar-refractivity contribution in [2.75, 3.05) is 5.32 Å². The molecule has 118 valence electrons. The molecule has 0 atom stereocenters. The molecule has 0 saturated carbocycles. The Balaban J connectivity index is 2.34. The SMILES string of the molecule is CC(=O)Nc1cccc(N=Cc2cc(Cl)cc([N+](=O)[O-])c2O)c1. The lowest BCUT2D eigenvalue weighted by Crippen LogP contribution is -2.05. The van der Waals surface area contributed by atoms with E-state index in [0.717, 1.165) is 6.07 Å². The molecule has 2 N–H and O–H groups in total. The smallest absolute Gasteiger partial charge is 0.312 e. The molecule has 0 heterocycles. The zero-order valence-electron chi connectivity index (χ0n) is 12.0. The van der Waals surface area contributed by atoms with E-state index in [9.17, 15) is 20.0 Å². The monoisotopic (exact) mass is 333 g/mol. The number of amides is 1. The minimum absolute atomic E-state index is 0.114. The largest absolute Gasteiger partial charge is 0.502 e. The van der Waals surface area contributed by atoms with E-state index in [-0.39, 0.29) is 16.5 Å². The van der Waals surface area contributed by atoms with Crippen molar-refractivity contribution in [2.45, 2.75) is 6.92 Å². The average molecular weight is 334 g/mol. The molecule has 23 heavy (non-hydrogen) atoms. The molecule has 0 radical (unpaired) electrons. The topological polar surface area (TPSA) is 105 Å². The Hall–Kier alpha value is -2.93. The molecule has 0 saturated heterocycles. The molecule has 2 aromatic carbocycles. The molecule has 7 nitrogen and oxygen atoms in total. The van der Waals surface area contributed by atoms with E-state index in [1.807, 2.05) is 0 Å². The number of nitrogens with zero attached hydrogens (tertiary/aromatic N) is 2. The van der Waals surface area contributed by atoms with Gasteiger partial charge in [-0.2, -0.15) is 0 Å². The number of hydrogen-bond donors (Lipinski definition) is 2. The third kappa shape index (κ3) is 4.27. The summed E-state index contributed by atoms with van der Waals surface area (Å²) in [5.41, 5.74) is 0.687. The summed E-state index contributed by atoms with van der Waals surface area (Å²) in [6.45, 7) is 1.39. The third-order valence-electron chi connectivity index (χ3n) is 2.80. The van der Waals surface area contributed by atoms with Gasteiger partial charge in [0.15, 0.2) is 0 Å². The lowest BCUT2D eigenvalue weighted by Gasteiger charge is -2.03. The van der Waals surface area contributed by atoms with Gasteiger partial charge in [-0.15, -0.1) is 0 Å². The second kappa shape index (κ2) is 6.89. The summed E-state index contributed by atoms with van der Waals surface area (Å²) in [4.78, 5) is 25.3. The Kier molecular flexibility index (Phi) is 4.92. The fourth-order valence-electron chi connectivity index (χ4n) is 1.85. The highest BCUT2D eigenvalue weighted by Crippen LogP contribution is 2.32. The quantitative estimate of drug-likeness (QED) is 0.506. The van der Waals surface area contributed by atoms with E-state index in [1.165, 1.54) is 19.2 Å². The van der Waals surface area contributed by atoms with Crippen LogP contribution in [0.5, 0.6) is 5.75 Å². The number of anilines is 1. The van der Waals surface area contributed by atoms with Gasteiger partial charge in [0.1, 0.15) is 0 Å². The van der Waals surface area contributed by atoms with Gasteiger partial charge >= 0.3 is 5.69 Å². The highest BCUT2D eigenvalue weighted by Gasteiger charge is 2.17. The zero-order valence-corrected chi connectivity index (χ0v) is 12.7. The molecule has 0 unspecified atom stereocenters. The van der Waals surface area contributed by atoms with Gasteiger partial charge in [-0.25, -0.2) is 0 Å². The minimum Gasteiger partial charge on any atom is -0.502 e. The number of nitro groups is 1. The number of halogens is 1. The van der Waals surface area contributed by atoms with Crippen molar-refractivity contribution in [1.29, 1.82) is 0 Å². The fraction of sp³-hybridized carbons (Fsp3) is 0.0667. The summed E-state index contributed by atoms with van der Waals surface area (Å²) in [5.74, 6) is -0.726. The molecule has 0 bridgehead atoms. The van der Waals surface area contributed by atoms with Crippen LogP contribution < -0.4 is 5.32 Å². The first-order valence-electron chi connectivity index (χ1n) is 6.45.